The molecule has 0 bridgehead atoms. The standard InChI is InChI=1S/C17H22BrN3O/c1-3-15(12-4-8-14(18)9-5-12)20-10-16(22)21-17(2,11-19)13-6-7-13/h4-5,8-9,13,15,20H,3,6-7,10H2,1-2H3,(H,21,22)/t15-,17-/m1/s1. The van der Waals surface area contributed by atoms with Crippen LogP contribution in [0.3, 0.4) is 0 Å². The highest BCUT2D eigenvalue weighted by atomic mass is 79.9. The Balaban J connectivity index is 1.89. The number of nitrogens with one attached hydrogen (secondary N) is 2. The molecule has 0 saturated heterocycles. The van der Waals surface area contributed by atoms with Crippen molar-refractivity contribution in [2.24, 2.45) is 5.92 Å². The first kappa shape index (κ1) is 17.0. The van der Waals surface area contributed by atoms with E-state index in [1.54, 1.807) is 0 Å². The molecule has 22 heavy (non-hydrogen) atoms. The van der Waals surface area contributed by atoms with Gasteiger partial charge in [-0.2, -0.15) is 5.26 Å². The first-order valence-corrected chi connectivity index (χ1v) is 8.49. The van der Waals surface area contributed by atoms with Crippen molar-refractivity contribution in [3.8, 4) is 6.07 Å². The lowest BCUT2D eigenvalue weighted by Gasteiger charge is -2.24. The number of rotatable bonds is 7. The fraction of sp³-hybridized carbons (Fsp3) is 0.529. The molecule has 1 aromatic carbocycles. The van der Waals surface area contributed by atoms with Crippen LogP contribution in [-0.4, -0.2) is 18.0 Å². The average molecular weight is 364 g/mol. The highest BCUT2D eigenvalue weighted by Gasteiger charge is 2.42. The average Bonchev–Trinajstić information content (AvgIpc) is 3.34. The topological polar surface area (TPSA) is 64.9 Å². The molecule has 1 aliphatic carbocycles. The molecule has 0 aromatic heterocycles. The molecule has 0 spiro atoms. The fourth-order valence-electron chi connectivity index (χ4n) is 2.62. The molecule has 1 aliphatic rings. The van der Waals surface area contributed by atoms with Gasteiger partial charge in [-0.25, -0.2) is 0 Å². The van der Waals surface area contributed by atoms with Gasteiger partial charge in [0.1, 0.15) is 5.54 Å². The Morgan fingerprint density at radius 3 is 2.59 bits per heavy atom. The summed E-state index contributed by atoms with van der Waals surface area (Å²) in [7, 11) is 0. The Morgan fingerprint density at radius 2 is 2.09 bits per heavy atom. The predicted molar refractivity (Wildman–Crippen MR) is 90.1 cm³/mol. The summed E-state index contributed by atoms with van der Waals surface area (Å²) in [5.74, 6) is 0.182. The van der Waals surface area contributed by atoms with Crippen LogP contribution in [0, 0.1) is 17.2 Å². The zero-order valence-electron chi connectivity index (χ0n) is 13.0. The van der Waals surface area contributed by atoms with Gasteiger partial charge in [-0.1, -0.05) is 35.0 Å². The molecule has 1 amide bonds. The highest BCUT2D eigenvalue weighted by Crippen LogP contribution is 2.39. The number of benzene rings is 1. The van der Waals surface area contributed by atoms with E-state index in [9.17, 15) is 10.1 Å². The molecule has 1 saturated carbocycles. The van der Waals surface area contributed by atoms with Crippen LogP contribution in [0.4, 0.5) is 0 Å². The van der Waals surface area contributed by atoms with Gasteiger partial charge < -0.3 is 10.6 Å². The largest absolute Gasteiger partial charge is 0.337 e. The number of carbonyl (C=O) groups excluding carboxylic acids is 1. The number of nitriles is 1. The van der Waals surface area contributed by atoms with Gasteiger partial charge >= 0.3 is 0 Å². The lowest BCUT2D eigenvalue weighted by molar-refractivity contribution is -0.121. The van der Waals surface area contributed by atoms with Crippen molar-refractivity contribution < 1.29 is 4.79 Å². The summed E-state index contributed by atoms with van der Waals surface area (Å²) >= 11 is 3.42. The Morgan fingerprint density at radius 1 is 1.45 bits per heavy atom. The molecule has 0 heterocycles. The summed E-state index contributed by atoms with van der Waals surface area (Å²) in [6.07, 6.45) is 2.94. The fourth-order valence-corrected chi connectivity index (χ4v) is 2.89. The van der Waals surface area contributed by atoms with E-state index in [4.69, 9.17) is 0 Å². The number of carbonyl (C=O) groups is 1. The minimum absolute atomic E-state index is 0.119. The van der Waals surface area contributed by atoms with Crippen LogP contribution in [0.1, 0.15) is 44.7 Å². The third-order valence-corrected chi connectivity index (χ3v) is 4.74. The Labute approximate surface area is 140 Å². The van der Waals surface area contributed by atoms with Crippen LogP contribution in [0.25, 0.3) is 0 Å². The first-order valence-electron chi connectivity index (χ1n) is 7.69. The molecule has 0 unspecified atom stereocenters. The van der Waals surface area contributed by atoms with Crippen molar-refractivity contribution in [3.05, 3.63) is 34.3 Å². The van der Waals surface area contributed by atoms with Crippen LogP contribution >= 0.6 is 15.9 Å². The van der Waals surface area contributed by atoms with Crippen molar-refractivity contribution in [1.82, 2.24) is 10.6 Å². The molecule has 4 nitrogen and oxygen atoms in total. The van der Waals surface area contributed by atoms with E-state index in [0.29, 0.717) is 5.92 Å². The Kier molecular flexibility index (Phi) is 5.60. The normalized spacial score (nSPS) is 18.1. The maximum absolute atomic E-state index is 12.1. The molecular formula is C17H22BrN3O. The van der Waals surface area contributed by atoms with E-state index >= 15 is 0 Å². The number of amides is 1. The summed E-state index contributed by atoms with van der Waals surface area (Å²) in [6, 6.07) is 10.5. The molecule has 1 aromatic rings. The molecule has 0 radical (unpaired) electrons. The van der Waals surface area contributed by atoms with Gasteiger partial charge in [-0.3, -0.25) is 4.79 Å². The van der Waals surface area contributed by atoms with E-state index in [0.717, 1.165) is 29.3 Å². The van der Waals surface area contributed by atoms with E-state index in [-0.39, 0.29) is 18.5 Å². The molecule has 2 atom stereocenters. The number of hydrogen-bond acceptors (Lipinski definition) is 3. The first-order chi connectivity index (χ1) is 10.5. The van der Waals surface area contributed by atoms with Crippen molar-refractivity contribution in [3.63, 3.8) is 0 Å². The van der Waals surface area contributed by atoms with Gasteiger partial charge in [0.15, 0.2) is 0 Å². The zero-order valence-corrected chi connectivity index (χ0v) is 14.6. The summed E-state index contributed by atoms with van der Waals surface area (Å²) in [5, 5.41) is 15.4. The van der Waals surface area contributed by atoms with Crippen molar-refractivity contribution in [2.75, 3.05) is 6.54 Å². The summed E-state index contributed by atoms with van der Waals surface area (Å²) < 4.78 is 1.04. The Hall–Kier alpha value is -1.38. The molecule has 5 heteroatoms. The molecule has 2 rings (SSSR count). The van der Waals surface area contributed by atoms with E-state index < -0.39 is 5.54 Å². The number of nitrogens with zero attached hydrogens (tertiary/aromatic N) is 1. The smallest absolute Gasteiger partial charge is 0.235 e. The second-order valence-corrected chi connectivity index (χ2v) is 6.95. The van der Waals surface area contributed by atoms with Crippen molar-refractivity contribution in [2.45, 2.75) is 44.7 Å². The van der Waals surface area contributed by atoms with Crippen LogP contribution in [-0.2, 0) is 4.79 Å². The van der Waals surface area contributed by atoms with E-state index in [1.165, 1.54) is 0 Å². The minimum atomic E-state index is -0.724. The highest BCUT2D eigenvalue weighted by molar-refractivity contribution is 9.10. The van der Waals surface area contributed by atoms with E-state index in [1.807, 2.05) is 31.2 Å². The molecular weight excluding hydrogens is 342 g/mol. The monoisotopic (exact) mass is 363 g/mol. The van der Waals surface area contributed by atoms with Crippen LogP contribution in [0.2, 0.25) is 0 Å². The van der Waals surface area contributed by atoms with Gasteiger partial charge in [0.2, 0.25) is 5.91 Å². The van der Waals surface area contributed by atoms with Gasteiger partial charge in [0, 0.05) is 10.5 Å². The second kappa shape index (κ2) is 7.26. The summed E-state index contributed by atoms with van der Waals surface area (Å²) in [5.41, 5.74) is 0.432. The summed E-state index contributed by atoms with van der Waals surface area (Å²) in [4.78, 5) is 12.1. The number of halogens is 1. The van der Waals surface area contributed by atoms with Crippen LogP contribution < -0.4 is 10.6 Å². The summed E-state index contributed by atoms with van der Waals surface area (Å²) in [6.45, 7) is 4.12. The maximum Gasteiger partial charge on any atom is 0.235 e. The predicted octanol–water partition coefficient (Wildman–Crippen LogP) is 3.30. The quantitative estimate of drug-likeness (QED) is 0.780. The molecule has 2 N–H and O–H groups in total. The minimum Gasteiger partial charge on any atom is -0.337 e. The van der Waals surface area contributed by atoms with Gasteiger partial charge in [0.05, 0.1) is 12.6 Å². The van der Waals surface area contributed by atoms with Crippen molar-refractivity contribution >= 4 is 21.8 Å². The van der Waals surface area contributed by atoms with Crippen LogP contribution in [0.15, 0.2) is 28.7 Å². The Bertz CT molecular complexity index is 562. The maximum atomic E-state index is 12.1. The molecule has 118 valence electrons. The number of hydrogen-bond donors (Lipinski definition) is 2. The third-order valence-electron chi connectivity index (χ3n) is 4.21. The second-order valence-electron chi connectivity index (χ2n) is 6.03. The zero-order chi connectivity index (χ0) is 16.2. The lowest BCUT2D eigenvalue weighted by Crippen LogP contribution is -2.49. The van der Waals surface area contributed by atoms with Crippen LogP contribution in [0.5, 0.6) is 0 Å². The molecule has 0 aliphatic heterocycles. The van der Waals surface area contributed by atoms with Gasteiger partial charge in [-0.15, -0.1) is 0 Å². The van der Waals surface area contributed by atoms with Crippen molar-refractivity contribution in [1.29, 1.82) is 5.26 Å². The lowest BCUT2D eigenvalue weighted by atomic mass is 9.98. The van der Waals surface area contributed by atoms with E-state index in [2.05, 4.69) is 39.6 Å². The van der Waals surface area contributed by atoms with Gasteiger partial charge in [-0.05, 0) is 49.8 Å². The third kappa shape index (κ3) is 4.31. The van der Waals surface area contributed by atoms with Gasteiger partial charge in [0.25, 0.3) is 0 Å². The SMILES string of the molecule is CC[C@@H](NCC(=O)N[C@](C)(C#N)C1CC1)c1ccc(Br)cc1. The molecule has 1 fully saturated rings.